The molecule has 1 aromatic heterocycles. The zero-order valence-corrected chi connectivity index (χ0v) is 12.1. The van der Waals surface area contributed by atoms with Crippen LogP contribution in [0, 0.1) is 11.8 Å². The Morgan fingerprint density at radius 2 is 1.89 bits per heavy atom. The van der Waals surface area contributed by atoms with Gasteiger partial charge in [-0.05, 0) is 47.5 Å². The highest BCUT2D eigenvalue weighted by molar-refractivity contribution is 9.10. The monoisotopic (exact) mass is 340 g/mol. The maximum Gasteiger partial charge on any atom is 0.391 e. The molecule has 4 nitrogen and oxygen atoms in total. The van der Waals surface area contributed by atoms with Crippen molar-refractivity contribution in [2.45, 2.75) is 37.9 Å². The molecule has 2 rings (SSSR count). The van der Waals surface area contributed by atoms with Crippen molar-refractivity contribution in [1.82, 2.24) is 15.0 Å². The SMILES string of the molecule is Cn1nnc(Br)c1C(N)C1CCC(C(F)(F)F)CC1. The lowest BCUT2D eigenvalue weighted by atomic mass is 9.78. The van der Waals surface area contributed by atoms with Gasteiger partial charge < -0.3 is 5.73 Å². The molecule has 8 heteroatoms. The Kier molecular flexibility index (Phi) is 4.20. The van der Waals surface area contributed by atoms with E-state index in [1.165, 1.54) is 0 Å². The highest BCUT2D eigenvalue weighted by atomic mass is 79.9. The van der Waals surface area contributed by atoms with Crippen LogP contribution in [0.1, 0.15) is 37.4 Å². The topological polar surface area (TPSA) is 56.7 Å². The minimum atomic E-state index is -4.08. The quantitative estimate of drug-likeness (QED) is 0.900. The minimum absolute atomic E-state index is 0.0482. The van der Waals surface area contributed by atoms with Crippen LogP contribution in [0.25, 0.3) is 0 Å². The van der Waals surface area contributed by atoms with Crippen LogP contribution in [-0.4, -0.2) is 21.2 Å². The lowest BCUT2D eigenvalue weighted by molar-refractivity contribution is -0.184. The molecule has 1 unspecified atom stereocenters. The zero-order chi connectivity index (χ0) is 14.2. The van der Waals surface area contributed by atoms with Gasteiger partial charge in [-0.2, -0.15) is 13.2 Å². The lowest BCUT2D eigenvalue weighted by Crippen LogP contribution is -2.32. The van der Waals surface area contributed by atoms with Crippen molar-refractivity contribution >= 4 is 15.9 Å². The standard InChI is InChI=1S/C11H16BrF3N4/c1-19-9(10(12)17-18-19)8(16)6-2-4-7(5-3-6)11(13,14)15/h6-8H,2-5,16H2,1H3. The maximum atomic E-state index is 12.6. The summed E-state index contributed by atoms with van der Waals surface area (Å²) in [7, 11) is 1.73. The van der Waals surface area contributed by atoms with Crippen molar-refractivity contribution in [3.63, 3.8) is 0 Å². The molecule has 108 valence electrons. The van der Waals surface area contributed by atoms with E-state index in [4.69, 9.17) is 5.73 Å². The number of hydrogen-bond acceptors (Lipinski definition) is 3. The van der Waals surface area contributed by atoms with Gasteiger partial charge in [0.1, 0.15) is 0 Å². The molecule has 0 amide bonds. The summed E-state index contributed by atoms with van der Waals surface area (Å²) in [6.45, 7) is 0. The van der Waals surface area contributed by atoms with E-state index in [1.807, 2.05) is 0 Å². The third-order valence-electron chi connectivity index (χ3n) is 3.89. The lowest BCUT2D eigenvalue weighted by Gasteiger charge is -2.32. The molecular formula is C11H16BrF3N4. The molecule has 0 saturated heterocycles. The number of aromatic nitrogens is 3. The normalized spacial score (nSPS) is 26.4. The van der Waals surface area contributed by atoms with Crippen molar-refractivity contribution < 1.29 is 13.2 Å². The molecule has 1 saturated carbocycles. The molecule has 1 atom stereocenters. The molecule has 19 heavy (non-hydrogen) atoms. The molecule has 0 spiro atoms. The Hall–Kier alpha value is -0.630. The van der Waals surface area contributed by atoms with Crippen LogP contribution in [0.15, 0.2) is 4.60 Å². The van der Waals surface area contributed by atoms with Gasteiger partial charge >= 0.3 is 6.18 Å². The van der Waals surface area contributed by atoms with Gasteiger partial charge in [0.25, 0.3) is 0 Å². The van der Waals surface area contributed by atoms with Crippen molar-refractivity contribution in [2.75, 3.05) is 0 Å². The van der Waals surface area contributed by atoms with Crippen LogP contribution in [-0.2, 0) is 7.05 Å². The molecule has 0 radical (unpaired) electrons. The zero-order valence-electron chi connectivity index (χ0n) is 10.5. The van der Waals surface area contributed by atoms with Gasteiger partial charge in [-0.15, -0.1) is 5.10 Å². The minimum Gasteiger partial charge on any atom is -0.322 e. The van der Waals surface area contributed by atoms with E-state index in [-0.39, 0.29) is 24.8 Å². The average molecular weight is 341 g/mol. The van der Waals surface area contributed by atoms with Crippen molar-refractivity contribution in [3.05, 3.63) is 10.3 Å². The van der Waals surface area contributed by atoms with E-state index in [0.717, 1.165) is 5.69 Å². The molecule has 1 aliphatic carbocycles. The predicted molar refractivity (Wildman–Crippen MR) is 67.1 cm³/mol. The van der Waals surface area contributed by atoms with Crippen LogP contribution in [0.2, 0.25) is 0 Å². The van der Waals surface area contributed by atoms with Gasteiger partial charge in [-0.1, -0.05) is 5.21 Å². The van der Waals surface area contributed by atoms with E-state index in [1.54, 1.807) is 11.7 Å². The number of aryl methyl sites for hydroxylation is 1. The molecule has 1 heterocycles. The fourth-order valence-corrected chi connectivity index (χ4v) is 3.31. The molecule has 2 N–H and O–H groups in total. The number of rotatable bonds is 2. The molecule has 1 aromatic rings. The predicted octanol–water partition coefficient (Wildman–Crippen LogP) is 2.95. The summed E-state index contributed by atoms with van der Waals surface area (Å²) in [5.41, 5.74) is 6.90. The molecule has 0 bridgehead atoms. The van der Waals surface area contributed by atoms with Crippen LogP contribution in [0.3, 0.4) is 0 Å². The summed E-state index contributed by atoms with van der Waals surface area (Å²) in [4.78, 5) is 0. The van der Waals surface area contributed by atoms with Gasteiger partial charge in [0.2, 0.25) is 0 Å². The summed E-state index contributed by atoms with van der Waals surface area (Å²) < 4.78 is 40.0. The van der Waals surface area contributed by atoms with Crippen LogP contribution >= 0.6 is 15.9 Å². The largest absolute Gasteiger partial charge is 0.391 e. The Bertz CT molecular complexity index is 418. The van der Waals surface area contributed by atoms with E-state index in [0.29, 0.717) is 17.4 Å². The number of nitrogens with zero attached hydrogens (tertiary/aromatic N) is 3. The van der Waals surface area contributed by atoms with E-state index in [9.17, 15) is 13.2 Å². The van der Waals surface area contributed by atoms with E-state index < -0.39 is 12.1 Å². The second-order valence-corrected chi connectivity index (χ2v) is 5.82. The first-order chi connectivity index (χ1) is 8.80. The third-order valence-corrected chi connectivity index (χ3v) is 4.45. The summed E-state index contributed by atoms with van der Waals surface area (Å²) in [5.74, 6) is -1.13. The first-order valence-corrected chi connectivity index (χ1v) is 6.97. The second kappa shape index (κ2) is 5.40. The smallest absolute Gasteiger partial charge is 0.322 e. The molecule has 1 aliphatic rings. The van der Waals surface area contributed by atoms with Crippen LogP contribution in [0.4, 0.5) is 13.2 Å². The first-order valence-electron chi connectivity index (χ1n) is 6.18. The van der Waals surface area contributed by atoms with Gasteiger partial charge in [0.15, 0.2) is 4.60 Å². The molecular weight excluding hydrogens is 325 g/mol. The molecule has 0 aliphatic heterocycles. The summed E-state index contributed by atoms with van der Waals surface area (Å²) >= 11 is 3.27. The van der Waals surface area contributed by atoms with Crippen LogP contribution < -0.4 is 5.73 Å². The average Bonchev–Trinajstić information content (AvgIpc) is 2.67. The number of hydrogen-bond donors (Lipinski definition) is 1. The van der Waals surface area contributed by atoms with E-state index >= 15 is 0 Å². The first kappa shape index (κ1) is 14.8. The fraction of sp³-hybridized carbons (Fsp3) is 0.818. The van der Waals surface area contributed by atoms with Crippen molar-refractivity contribution in [2.24, 2.45) is 24.6 Å². The van der Waals surface area contributed by atoms with Gasteiger partial charge in [0, 0.05) is 7.05 Å². The van der Waals surface area contributed by atoms with E-state index in [2.05, 4.69) is 26.2 Å². The van der Waals surface area contributed by atoms with Crippen LogP contribution in [0.5, 0.6) is 0 Å². The summed E-state index contributed by atoms with van der Waals surface area (Å²) in [6.07, 6.45) is -2.79. The number of halogens is 4. The fourth-order valence-electron chi connectivity index (χ4n) is 2.72. The van der Waals surface area contributed by atoms with Gasteiger partial charge in [-0.3, -0.25) is 0 Å². The second-order valence-electron chi connectivity index (χ2n) is 5.07. The Morgan fingerprint density at radius 1 is 1.32 bits per heavy atom. The number of nitrogens with two attached hydrogens (primary N) is 1. The number of alkyl halides is 3. The Balaban J connectivity index is 2.02. The molecule has 1 fully saturated rings. The maximum absolute atomic E-state index is 12.6. The van der Waals surface area contributed by atoms with Crippen molar-refractivity contribution in [1.29, 1.82) is 0 Å². The highest BCUT2D eigenvalue weighted by Crippen LogP contribution is 2.42. The Morgan fingerprint density at radius 3 is 2.32 bits per heavy atom. The van der Waals surface area contributed by atoms with Gasteiger partial charge in [-0.25, -0.2) is 4.68 Å². The molecule has 0 aromatic carbocycles. The van der Waals surface area contributed by atoms with Gasteiger partial charge in [0.05, 0.1) is 17.7 Å². The Labute approximate surface area is 117 Å². The summed E-state index contributed by atoms with van der Waals surface area (Å²) in [6, 6.07) is -0.330. The van der Waals surface area contributed by atoms with Crippen molar-refractivity contribution in [3.8, 4) is 0 Å². The summed E-state index contributed by atoms with van der Waals surface area (Å²) in [5, 5.41) is 7.70. The highest BCUT2D eigenvalue weighted by Gasteiger charge is 2.42. The third kappa shape index (κ3) is 3.10.